The largest absolute Gasteiger partial charge is 0.387 e. The molecule has 0 aromatic heterocycles. The van der Waals surface area contributed by atoms with Gasteiger partial charge in [0.15, 0.2) is 0 Å². The molecule has 0 spiro atoms. The molecule has 14 heavy (non-hydrogen) atoms. The van der Waals surface area contributed by atoms with Crippen molar-refractivity contribution in [3.63, 3.8) is 0 Å². The number of hydrogen-bond acceptors (Lipinski definition) is 1. The molecule has 2 atom stereocenters. The summed E-state index contributed by atoms with van der Waals surface area (Å²) in [5.41, 5.74) is 7.22. The van der Waals surface area contributed by atoms with Crippen LogP contribution in [0.25, 0.3) is 0 Å². The Hall–Kier alpha value is -1.38. The van der Waals surface area contributed by atoms with Gasteiger partial charge < -0.3 is 5.73 Å². The van der Waals surface area contributed by atoms with E-state index >= 15 is 0 Å². The summed E-state index contributed by atoms with van der Waals surface area (Å²) in [6.07, 6.45) is 0.698. The molecule has 0 aliphatic heterocycles. The van der Waals surface area contributed by atoms with Gasteiger partial charge in [0.2, 0.25) is 0 Å². The van der Waals surface area contributed by atoms with Gasteiger partial charge in [-0.25, -0.2) is 4.39 Å². The van der Waals surface area contributed by atoms with Gasteiger partial charge in [-0.1, -0.05) is 19.1 Å². The predicted molar refractivity (Wildman–Crippen MR) is 53.9 cm³/mol. The van der Waals surface area contributed by atoms with Crippen molar-refractivity contribution in [1.82, 2.24) is 0 Å². The number of hydrogen-bond donors (Lipinski definition) is 2. The first-order valence-electron chi connectivity index (χ1n) is 4.72. The van der Waals surface area contributed by atoms with Crippen molar-refractivity contribution < 1.29 is 4.39 Å². The zero-order valence-electron chi connectivity index (χ0n) is 8.05. The Morgan fingerprint density at radius 3 is 2.86 bits per heavy atom. The highest BCUT2D eigenvalue weighted by atomic mass is 19.1. The number of amidine groups is 1. The SMILES string of the molecule is CC1c2c(F)cccc2CC1C(=N)N. The molecule has 1 aliphatic rings. The fourth-order valence-corrected chi connectivity index (χ4v) is 2.26. The third kappa shape index (κ3) is 1.20. The van der Waals surface area contributed by atoms with Crippen molar-refractivity contribution in [3.8, 4) is 0 Å². The molecular formula is C11H13FN2. The molecule has 0 amide bonds. The fraction of sp³-hybridized carbons (Fsp3) is 0.364. The lowest BCUT2D eigenvalue weighted by atomic mass is 9.93. The van der Waals surface area contributed by atoms with E-state index in [0.29, 0.717) is 6.42 Å². The lowest BCUT2D eigenvalue weighted by molar-refractivity contribution is 0.566. The van der Waals surface area contributed by atoms with Crippen LogP contribution < -0.4 is 5.73 Å². The molecular weight excluding hydrogens is 179 g/mol. The third-order valence-electron chi connectivity index (χ3n) is 3.04. The van der Waals surface area contributed by atoms with E-state index < -0.39 is 0 Å². The van der Waals surface area contributed by atoms with E-state index in [4.69, 9.17) is 11.1 Å². The normalized spacial score (nSPS) is 24.7. The van der Waals surface area contributed by atoms with Crippen LogP contribution in [0.5, 0.6) is 0 Å². The van der Waals surface area contributed by atoms with Crippen LogP contribution in [-0.2, 0) is 6.42 Å². The van der Waals surface area contributed by atoms with Gasteiger partial charge in [0, 0.05) is 5.92 Å². The zero-order chi connectivity index (χ0) is 10.3. The van der Waals surface area contributed by atoms with E-state index in [9.17, 15) is 4.39 Å². The van der Waals surface area contributed by atoms with E-state index in [-0.39, 0.29) is 23.5 Å². The van der Waals surface area contributed by atoms with Gasteiger partial charge in [0.25, 0.3) is 0 Å². The molecule has 1 aliphatic carbocycles. The van der Waals surface area contributed by atoms with Crippen LogP contribution in [0.3, 0.4) is 0 Å². The number of nitrogens with two attached hydrogens (primary N) is 1. The molecule has 0 bridgehead atoms. The minimum atomic E-state index is -0.168. The minimum absolute atomic E-state index is 0.0260. The van der Waals surface area contributed by atoms with Crippen molar-refractivity contribution in [1.29, 1.82) is 5.41 Å². The Morgan fingerprint density at radius 1 is 1.57 bits per heavy atom. The van der Waals surface area contributed by atoms with Gasteiger partial charge in [-0.15, -0.1) is 0 Å². The van der Waals surface area contributed by atoms with Crippen molar-refractivity contribution in [3.05, 3.63) is 35.1 Å². The molecule has 0 saturated carbocycles. The minimum Gasteiger partial charge on any atom is -0.387 e. The Kier molecular flexibility index (Phi) is 2.02. The van der Waals surface area contributed by atoms with Gasteiger partial charge in [-0.3, -0.25) is 5.41 Å². The molecule has 74 valence electrons. The Labute approximate surface area is 82.4 Å². The molecule has 0 radical (unpaired) electrons. The van der Waals surface area contributed by atoms with Gasteiger partial charge in [0.1, 0.15) is 5.82 Å². The highest BCUT2D eigenvalue weighted by molar-refractivity contribution is 5.82. The quantitative estimate of drug-likeness (QED) is 0.519. The standard InChI is InChI=1S/C11H13FN2/c1-6-8(11(13)14)5-7-3-2-4-9(12)10(6)7/h2-4,6,8H,5H2,1H3,(H3,13,14). The van der Waals surface area contributed by atoms with Crippen LogP contribution in [0.1, 0.15) is 24.0 Å². The van der Waals surface area contributed by atoms with Crippen LogP contribution in [0.4, 0.5) is 4.39 Å². The molecule has 2 nitrogen and oxygen atoms in total. The molecule has 0 fully saturated rings. The second kappa shape index (κ2) is 3.08. The highest BCUT2D eigenvalue weighted by Gasteiger charge is 2.33. The van der Waals surface area contributed by atoms with Crippen molar-refractivity contribution in [2.24, 2.45) is 11.7 Å². The molecule has 0 saturated heterocycles. The third-order valence-corrected chi connectivity index (χ3v) is 3.04. The first-order valence-corrected chi connectivity index (χ1v) is 4.72. The van der Waals surface area contributed by atoms with Crippen molar-refractivity contribution >= 4 is 5.84 Å². The maximum atomic E-state index is 13.5. The van der Waals surface area contributed by atoms with Gasteiger partial charge >= 0.3 is 0 Å². The number of fused-ring (bicyclic) bond motifs is 1. The van der Waals surface area contributed by atoms with E-state index in [1.54, 1.807) is 6.07 Å². The smallest absolute Gasteiger partial charge is 0.126 e. The van der Waals surface area contributed by atoms with Crippen LogP contribution in [0.15, 0.2) is 18.2 Å². The van der Waals surface area contributed by atoms with Crippen molar-refractivity contribution in [2.45, 2.75) is 19.3 Å². The number of benzene rings is 1. The predicted octanol–water partition coefficient (Wildman–Crippen LogP) is 2.04. The second-order valence-electron chi connectivity index (χ2n) is 3.87. The lowest BCUT2D eigenvalue weighted by Crippen LogP contribution is -2.24. The summed E-state index contributed by atoms with van der Waals surface area (Å²) in [7, 11) is 0. The molecule has 2 unspecified atom stereocenters. The molecule has 1 aromatic rings. The van der Waals surface area contributed by atoms with Crippen LogP contribution in [-0.4, -0.2) is 5.84 Å². The van der Waals surface area contributed by atoms with Gasteiger partial charge in [-0.2, -0.15) is 0 Å². The zero-order valence-corrected chi connectivity index (χ0v) is 8.05. The summed E-state index contributed by atoms with van der Waals surface area (Å²) >= 11 is 0. The van der Waals surface area contributed by atoms with Crippen LogP contribution >= 0.6 is 0 Å². The Bertz CT molecular complexity index is 387. The Balaban J connectivity index is 2.46. The second-order valence-corrected chi connectivity index (χ2v) is 3.87. The van der Waals surface area contributed by atoms with Gasteiger partial charge in [0.05, 0.1) is 5.84 Å². The average Bonchev–Trinajstić information content (AvgIpc) is 2.45. The van der Waals surface area contributed by atoms with Gasteiger partial charge in [-0.05, 0) is 29.5 Å². The summed E-state index contributed by atoms with van der Waals surface area (Å²) in [6, 6.07) is 5.10. The topological polar surface area (TPSA) is 49.9 Å². The van der Waals surface area contributed by atoms with Crippen LogP contribution in [0.2, 0.25) is 0 Å². The fourth-order valence-electron chi connectivity index (χ4n) is 2.26. The maximum absolute atomic E-state index is 13.5. The molecule has 1 aromatic carbocycles. The van der Waals surface area contributed by atoms with E-state index in [1.165, 1.54) is 6.07 Å². The van der Waals surface area contributed by atoms with E-state index in [1.807, 2.05) is 13.0 Å². The van der Waals surface area contributed by atoms with Crippen molar-refractivity contribution in [2.75, 3.05) is 0 Å². The average molecular weight is 192 g/mol. The number of halogens is 1. The molecule has 3 heteroatoms. The first kappa shape index (κ1) is 9.19. The lowest BCUT2D eigenvalue weighted by Gasteiger charge is -2.13. The summed E-state index contributed by atoms with van der Waals surface area (Å²) in [5.74, 6) is -0.00236. The van der Waals surface area contributed by atoms with E-state index in [0.717, 1.165) is 11.1 Å². The summed E-state index contributed by atoms with van der Waals surface area (Å²) in [4.78, 5) is 0. The van der Waals surface area contributed by atoms with Crippen LogP contribution in [0, 0.1) is 17.1 Å². The van der Waals surface area contributed by atoms with E-state index in [2.05, 4.69) is 0 Å². The molecule has 0 heterocycles. The monoisotopic (exact) mass is 192 g/mol. The molecule has 2 rings (SSSR count). The maximum Gasteiger partial charge on any atom is 0.126 e. The number of rotatable bonds is 1. The molecule has 3 N–H and O–H groups in total. The summed E-state index contributed by atoms with van der Waals surface area (Å²) < 4.78 is 13.5. The number of nitrogens with one attached hydrogen (secondary N) is 1. The summed E-state index contributed by atoms with van der Waals surface area (Å²) in [5, 5.41) is 7.42. The highest BCUT2D eigenvalue weighted by Crippen LogP contribution is 2.38. The first-order chi connectivity index (χ1) is 6.61. The summed E-state index contributed by atoms with van der Waals surface area (Å²) in [6.45, 7) is 1.93. The Morgan fingerprint density at radius 2 is 2.29 bits per heavy atom.